The van der Waals surface area contributed by atoms with Crippen LogP contribution >= 0.6 is 0 Å². The fourth-order valence-electron chi connectivity index (χ4n) is 7.27. The maximum Gasteiger partial charge on any atom is 0.125 e. The highest BCUT2D eigenvalue weighted by atomic mass is 19.1. The molecule has 0 radical (unpaired) electrons. The van der Waals surface area contributed by atoms with E-state index in [4.69, 9.17) is 4.98 Å². The Bertz CT molecular complexity index is 1130. The number of alkyl halides is 1. The summed E-state index contributed by atoms with van der Waals surface area (Å²) in [6.07, 6.45) is 9.46. The van der Waals surface area contributed by atoms with E-state index in [2.05, 4.69) is 45.7 Å². The van der Waals surface area contributed by atoms with Gasteiger partial charge in [-0.05, 0) is 81.0 Å². The number of fused-ring (bicyclic) bond motifs is 1. The number of likely N-dealkylation sites (N-methyl/N-ethyl adjacent to an activating group) is 1. The molecule has 3 fully saturated rings. The highest BCUT2D eigenvalue weighted by Gasteiger charge is 2.48. The number of imidazole rings is 1. The van der Waals surface area contributed by atoms with Gasteiger partial charge >= 0.3 is 0 Å². The predicted octanol–water partition coefficient (Wildman–Crippen LogP) is 3.91. The molecule has 6 rings (SSSR count). The van der Waals surface area contributed by atoms with Crippen molar-refractivity contribution in [2.45, 2.75) is 75.7 Å². The molecule has 4 heterocycles. The number of halogens is 1. The number of hydrazine groups is 1. The number of aromatic hydroxyl groups is 1. The number of nitrogens with one attached hydrogen (secondary N) is 3. The number of rotatable bonds is 5. The number of nitrogens with zero attached hydrogens (tertiary/aromatic N) is 3. The van der Waals surface area contributed by atoms with Crippen molar-refractivity contribution in [2.75, 3.05) is 33.2 Å². The summed E-state index contributed by atoms with van der Waals surface area (Å²) in [4.78, 5) is 13.4. The van der Waals surface area contributed by atoms with Crippen LogP contribution in [0.2, 0.25) is 0 Å². The summed E-state index contributed by atoms with van der Waals surface area (Å²) in [6, 6.07) is 5.77. The molecule has 1 saturated carbocycles. The number of aromatic amines is 1. The zero-order valence-electron chi connectivity index (χ0n) is 22.1. The van der Waals surface area contributed by atoms with Gasteiger partial charge in [-0.25, -0.2) is 14.8 Å². The standard InChI is InChI=1S/C29H41FN6O/c1-3-18-15-21(37)6-7-22(18)23-8-9-24-27(26(23)30)33-34-28(24)29-31-16-25(32-29)19-10-13-36(14-11-19)20-5-4-12-35(2)17-20/h6-7,10,15-16,20,23-24,26-28,33-34,37H,3-5,8-9,11-14,17H2,1-2H3,(H,31,32). The molecule has 6 atom stereocenters. The maximum atomic E-state index is 15.9. The number of piperidine rings is 1. The number of likely N-dealkylation sites (tertiary alicyclic amines) is 1. The molecule has 8 heteroatoms. The van der Waals surface area contributed by atoms with Gasteiger partial charge in [-0.15, -0.1) is 0 Å². The summed E-state index contributed by atoms with van der Waals surface area (Å²) in [5.74, 6) is 1.14. The molecule has 4 N–H and O–H groups in total. The normalized spacial score (nSPS) is 33.3. The Kier molecular flexibility index (Phi) is 7.09. The van der Waals surface area contributed by atoms with Crippen LogP contribution in [0.4, 0.5) is 4.39 Å². The Morgan fingerprint density at radius 1 is 1.16 bits per heavy atom. The molecule has 0 amide bonds. The molecule has 0 bridgehead atoms. The fourth-order valence-corrected chi connectivity index (χ4v) is 7.27. The number of benzene rings is 1. The topological polar surface area (TPSA) is 79.5 Å². The Morgan fingerprint density at radius 2 is 2.05 bits per heavy atom. The summed E-state index contributed by atoms with van der Waals surface area (Å²) < 4.78 is 15.9. The molecule has 0 spiro atoms. The van der Waals surface area contributed by atoms with Crippen LogP contribution in [0.25, 0.3) is 5.57 Å². The molecule has 1 aromatic carbocycles. The van der Waals surface area contributed by atoms with Crippen molar-refractivity contribution >= 4 is 5.57 Å². The van der Waals surface area contributed by atoms with Crippen LogP contribution in [0, 0.1) is 5.92 Å². The first-order chi connectivity index (χ1) is 18.0. The SMILES string of the molecule is CCc1cc(O)ccc1C1CCC2C(c3ncc(C4=CCN(C5CCCN(C)C5)CC4)[nH]3)NNC2C1F. The average Bonchev–Trinajstić information content (AvgIpc) is 3.57. The van der Waals surface area contributed by atoms with Crippen molar-refractivity contribution in [3.63, 3.8) is 0 Å². The largest absolute Gasteiger partial charge is 0.508 e. The predicted molar refractivity (Wildman–Crippen MR) is 144 cm³/mol. The third-order valence-electron chi connectivity index (χ3n) is 9.33. The minimum Gasteiger partial charge on any atom is -0.508 e. The molecular weight excluding hydrogens is 467 g/mol. The zero-order chi connectivity index (χ0) is 25.5. The van der Waals surface area contributed by atoms with Gasteiger partial charge in [0.25, 0.3) is 0 Å². The first-order valence-corrected chi connectivity index (χ1v) is 14.2. The van der Waals surface area contributed by atoms with E-state index in [0.29, 0.717) is 6.04 Å². The van der Waals surface area contributed by atoms with Crippen molar-refractivity contribution in [2.24, 2.45) is 5.92 Å². The number of hydrogen-bond donors (Lipinski definition) is 4. The van der Waals surface area contributed by atoms with E-state index in [1.165, 1.54) is 31.5 Å². The van der Waals surface area contributed by atoms with E-state index in [0.717, 1.165) is 61.4 Å². The highest BCUT2D eigenvalue weighted by molar-refractivity contribution is 5.63. The van der Waals surface area contributed by atoms with Crippen LogP contribution in [-0.4, -0.2) is 76.4 Å². The van der Waals surface area contributed by atoms with E-state index in [9.17, 15) is 5.11 Å². The van der Waals surface area contributed by atoms with Crippen LogP contribution in [-0.2, 0) is 6.42 Å². The van der Waals surface area contributed by atoms with Crippen LogP contribution < -0.4 is 10.9 Å². The van der Waals surface area contributed by atoms with Crippen LogP contribution in [0.1, 0.15) is 73.6 Å². The third kappa shape index (κ3) is 4.85. The van der Waals surface area contributed by atoms with E-state index in [1.54, 1.807) is 12.1 Å². The van der Waals surface area contributed by atoms with Crippen molar-refractivity contribution in [3.8, 4) is 5.75 Å². The molecule has 37 heavy (non-hydrogen) atoms. The lowest BCUT2D eigenvalue weighted by atomic mass is 9.71. The first kappa shape index (κ1) is 25.0. The van der Waals surface area contributed by atoms with Crippen LogP contribution in [0.3, 0.4) is 0 Å². The van der Waals surface area contributed by atoms with E-state index in [1.807, 2.05) is 12.3 Å². The van der Waals surface area contributed by atoms with Gasteiger partial charge in [-0.1, -0.05) is 19.1 Å². The number of H-pyrrole nitrogens is 1. The summed E-state index contributed by atoms with van der Waals surface area (Å²) in [5.41, 5.74) is 11.2. The van der Waals surface area contributed by atoms with Crippen LogP contribution in [0.15, 0.2) is 30.5 Å². The fraction of sp³-hybridized carbons (Fsp3) is 0.621. The van der Waals surface area contributed by atoms with Crippen molar-refractivity contribution < 1.29 is 9.50 Å². The van der Waals surface area contributed by atoms with Gasteiger partial charge in [0, 0.05) is 37.5 Å². The lowest BCUT2D eigenvalue weighted by Crippen LogP contribution is -2.47. The molecule has 2 saturated heterocycles. The van der Waals surface area contributed by atoms with Gasteiger partial charge in [0.15, 0.2) is 0 Å². The highest BCUT2D eigenvalue weighted by Crippen LogP contribution is 2.45. The molecule has 6 unspecified atom stereocenters. The monoisotopic (exact) mass is 508 g/mol. The Balaban J connectivity index is 1.12. The molecule has 3 aliphatic heterocycles. The summed E-state index contributed by atoms with van der Waals surface area (Å²) in [7, 11) is 2.23. The van der Waals surface area contributed by atoms with E-state index >= 15 is 4.39 Å². The van der Waals surface area contributed by atoms with Gasteiger partial charge in [0.1, 0.15) is 17.7 Å². The lowest BCUT2D eigenvalue weighted by Gasteiger charge is -2.39. The molecule has 7 nitrogen and oxygen atoms in total. The minimum absolute atomic E-state index is 0.0260. The molecule has 2 aromatic rings. The van der Waals surface area contributed by atoms with Gasteiger partial charge in [0.05, 0.1) is 24.0 Å². The number of aromatic nitrogens is 2. The zero-order valence-corrected chi connectivity index (χ0v) is 22.1. The van der Waals surface area contributed by atoms with Gasteiger partial charge in [0.2, 0.25) is 0 Å². The Labute approximate surface area is 219 Å². The molecular formula is C29H41FN6O. The van der Waals surface area contributed by atoms with Crippen molar-refractivity contribution in [1.29, 1.82) is 0 Å². The second-order valence-corrected chi connectivity index (χ2v) is 11.5. The molecule has 1 aromatic heterocycles. The Hall–Kier alpha value is -2.26. The lowest BCUT2D eigenvalue weighted by molar-refractivity contribution is 0.121. The van der Waals surface area contributed by atoms with Gasteiger partial charge in [-0.2, -0.15) is 0 Å². The second-order valence-electron chi connectivity index (χ2n) is 11.5. The molecule has 1 aliphatic carbocycles. The van der Waals surface area contributed by atoms with Gasteiger partial charge in [-0.3, -0.25) is 10.3 Å². The number of phenols is 1. The van der Waals surface area contributed by atoms with Gasteiger partial charge < -0.3 is 15.0 Å². The maximum absolute atomic E-state index is 15.9. The van der Waals surface area contributed by atoms with Crippen molar-refractivity contribution in [3.05, 3.63) is 53.1 Å². The molecule has 200 valence electrons. The summed E-state index contributed by atoms with van der Waals surface area (Å²) in [6.45, 7) is 6.54. The smallest absolute Gasteiger partial charge is 0.125 e. The quantitative estimate of drug-likeness (QED) is 0.491. The summed E-state index contributed by atoms with van der Waals surface area (Å²) >= 11 is 0. The first-order valence-electron chi connectivity index (χ1n) is 14.2. The summed E-state index contributed by atoms with van der Waals surface area (Å²) in [5, 5.41) is 9.89. The Morgan fingerprint density at radius 3 is 2.84 bits per heavy atom. The number of aryl methyl sites for hydroxylation is 1. The van der Waals surface area contributed by atoms with E-state index in [-0.39, 0.29) is 29.7 Å². The third-order valence-corrected chi connectivity index (χ3v) is 9.33. The minimum atomic E-state index is -0.994. The van der Waals surface area contributed by atoms with E-state index < -0.39 is 6.17 Å². The van der Waals surface area contributed by atoms with Crippen molar-refractivity contribution in [1.82, 2.24) is 30.6 Å². The number of hydrogen-bond acceptors (Lipinski definition) is 6. The average molecular weight is 509 g/mol. The molecule has 4 aliphatic rings. The second kappa shape index (κ2) is 10.5. The van der Waals surface area contributed by atoms with Crippen LogP contribution in [0.5, 0.6) is 5.75 Å². The number of phenolic OH excluding ortho intramolecular Hbond substituents is 1.